The Bertz CT molecular complexity index is 567. The molecule has 0 fully saturated rings. The van der Waals surface area contributed by atoms with Crippen molar-refractivity contribution in [3.8, 4) is 0 Å². The van der Waals surface area contributed by atoms with E-state index in [0.29, 0.717) is 0 Å². The van der Waals surface area contributed by atoms with E-state index in [-0.39, 0.29) is 5.78 Å². The van der Waals surface area contributed by atoms with Gasteiger partial charge in [0, 0.05) is 5.56 Å². The summed E-state index contributed by atoms with van der Waals surface area (Å²) >= 11 is 0. The smallest absolute Gasteiger partial charge is 0.173 e. The number of carbonyl (C=O) groups excluding carboxylic acids is 1. The van der Waals surface area contributed by atoms with Gasteiger partial charge in [-0.3, -0.25) is 4.79 Å². The summed E-state index contributed by atoms with van der Waals surface area (Å²) in [5, 5.41) is 0. The maximum Gasteiger partial charge on any atom is 0.173 e. The van der Waals surface area contributed by atoms with Crippen molar-refractivity contribution < 1.29 is 4.79 Å². The third-order valence-electron chi connectivity index (χ3n) is 3.98. The lowest BCUT2D eigenvalue weighted by atomic mass is 9.74. The first-order valence-corrected chi connectivity index (χ1v) is 6.82. The lowest BCUT2D eigenvalue weighted by Gasteiger charge is -2.27. The molecule has 0 radical (unpaired) electrons. The third-order valence-corrected chi connectivity index (χ3v) is 3.98. The zero-order valence-electron chi connectivity index (χ0n) is 12.5. The molecular weight excluding hydrogens is 232 g/mol. The van der Waals surface area contributed by atoms with E-state index >= 15 is 0 Å². The first-order valence-electron chi connectivity index (χ1n) is 6.82. The highest BCUT2D eigenvalue weighted by Crippen LogP contribution is 2.35. The lowest BCUT2D eigenvalue weighted by molar-refractivity contribution is 0.0869. The molecule has 0 saturated carbocycles. The van der Waals surface area contributed by atoms with Crippen LogP contribution in [0.5, 0.6) is 0 Å². The molecule has 1 heteroatoms. The van der Waals surface area contributed by atoms with Gasteiger partial charge in [-0.25, -0.2) is 0 Å². The monoisotopic (exact) mass is 254 g/mol. The quantitative estimate of drug-likeness (QED) is 0.699. The molecule has 0 heterocycles. The second-order valence-corrected chi connectivity index (χ2v) is 6.01. The molecule has 1 atom stereocenters. The summed E-state index contributed by atoms with van der Waals surface area (Å²) < 4.78 is 0. The van der Waals surface area contributed by atoms with Crippen LogP contribution in [0.1, 0.15) is 47.3 Å². The van der Waals surface area contributed by atoms with E-state index in [4.69, 9.17) is 0 Å². The molecular formula is C18H22O. The Balaban J connectivity index is 2.44. The summed E-state index contributed by atoms with van der Waals surface area (Å²) in [6.45, 7) is 10.2. The van der Waals surface area contributed by atoms with Gasteiger partial charge in [-0.15, -0.1) is 0 Å². The zero-order valence-corrected chi connectivity index (χ0v) is 12.5. The minimum atomic E-state index is -0.399. The van der Waals surface area contributed by atoms with Crippen LogP contribution in [0.4, 0.5) is 0 Å². The van der Waals surface area contributed by atoms with E-state index in [1.807, 2.05) is 20.8 Å². The Labute approximate surface area is 116 Å². The van der Waals surface area contributed by atoms with Crippen LogP contribution in [-0.4, -0.2) is 5.78 Å². The minimum absolute atomic E-state index is 0.238. The Morgan fingerprint density at radius 2 is 1.68 bits per heavy atom. The van der Waals surface area contributed by atoms with Gasteiger partial charge in [-0.2, -0.15) is 0 Å². The molecule has 2 rings (SSSR count). The molecule has 1 aromatic rings. The molecule has 1 aromatic carbocycles. The number of hydrogen-bond acceptors (Lipinski definition) is 1. The zero-order chi connectivity index (χ0) is 14.2. The van der Waals surface area contributed by atoms with Crippen molar-refractivity contribution in [2.75, 3.05) is 0 Å². The van der Waals surface area contributed by atoms with Crippen LogP contribution in [0, 0.1) is 26.2 Å². The fourth-order valence-corrected chi connectivity index (χ4v) is 2.82. The molecule has 0 spiro atoms. The largest absolute Gasteiger partial charge is 0.293 e. The van der Waals surface area contributed by atoms with Crippen LogP contribution in [0.15, 0.2) is 35.9 Å². The van der Waals surface area contributed by atoms with E-state index in [0.717, 1.165) is 23.1 Å². The molecule has 0 aliphatic heterocycles. The van der Waals surface area contributed by atoms with E-state index in [2.05, 4.69) is 44.2 Å². The summed E-state index contributed by atoms with van der Waals surface area (Å²) in [6, 6.07) is 4.19. The van der Waals surface area contributed by atoms with Crippen molar-refractivity contribution in [3.05, 3.63) is 58.2 Å². The highest BCUT2D eigenvalue weighted by Gasteiger charge is 2.33. The highest BCUT2D eigenvalue weighted by atomic mass is 16.1. The van der Waals surface area contributed by atoms with Gasteiger partial charge in [-0.1, -0.05) is 41.5 Å². The molecule has 1 aliphatic rings. The number of rotatable bonds is 2. The molecule has 0 N–H and O–H groups in total. The molecule has 0 amide bonds. The summed E-state index contributed by atoms with van der Waals surface area (Å²) in [5.41, 5.74) is 5.12. The summed E-state index contributed by atoms with van der Waals surface area (Å²) in [7, 11) is 0. The first kappa shape index (κ1) is 13.8. The second-order valence-electron chi connectivity index (χ2n) is 6.01. The Kier molecular flexibility index (Phi) is 3.49. The van der Waals surface area contributed by atoms with Crippen LogP contribution in [0.2, 0.25) is 0 Å². The minimum Gasteiger partial charge on any atom is -0.293 e. The maximum atomic E-state index is 12.9. The summed E-state index contributed by atoms with van der Waals surface area (Å²) in [5.74, 6) is 0.238. The fraction of sp³-hybridized carbons (Fsp3) is 0.389. The number of hydrogen-bond donors (Lipinski definition) is 0. The van der Waals surface area contributed by atoms with Crippen molar-refractivity contribution in [1.82, 2.24) is 0 Å². The molecule has 0 bridgehead atoms. The van der Waals surface area contributed by atoms with Gasteiger partial charge >= 0.3 is 0 Å². The van der Waals surface area contributed by atoms with Crippen LogP contribution in [0.25, 0.3) is 0 Å². The Hall–Kier alpha value is -1.63. The number of carbonyl (C=O) groups is 1. The number of benzene rings is 1. The van der Waals surface area contributed by atoms with Gasteiger partial charge in [0.1, 0.15) is 0 Å². The molecule has 0 unspecified atom stereocenters. The van der Waals surface area contributed by atoms with E-state index in [1.54, 1.807) is 0 Å². The van der Waals surface area contributed by atoms with E-state index in [1.165, 1.54) is 11.1 Å². The Morgan fingerprint density at radius 3 is 2.16 bits per heavy atom. The predicted octanol–water partition coefficient (Wildman–Crippen LogP) is 4.71. The number of aryl methyl sites for hydroxylation is 3. The third kappa shape index (κ3) is 2.56. The predicted molar refractivity (Wildman–Crippen MR) is 80.6 cm³/mol. The summed E-state index contributed by atoms with van der Waals surface area (Å²) in [4.78, 5) is 12.9. The molecule has 1 nitrogen and oxygen atoms in total. The van der Waals surface area contributed by atoms with E-state index < -0.39 is 5.41 Å². The number of Topliss-reactive ketones (excluding diaryl/α,β-unsaturated/α-hetero) is 1. The molecule has 1 aliphatic carbocycles. The average molecular weight is 254 g/mol. The molecule has 0 saturated heterocycles. The fourth-order valence-electron chi connectivity index (χ4n) is 2.82. The van der Waals surface area contributed by atoms with E-state index in [9.17, 15) is 4.79 Å². The van der Waals surface area contributed by atoms with Crippen LogP contribution in [0.3, 0.4) is 0 Å². The maximum absolute atomic E-state index is 12.9. The van der Waals surface area contributed by atoms with Gasteiger partial charge in [-0.05, 0) is 52.2 Å². The topological polar surface area (TPSA) is 17.1 Å². The van der Waals surface area contributed by atoms with Gasteiger partial charge in [0.15, 0.2) is 5.78 Å². The van der Waals surface area contributed by atoms with Crippen molar-refractivity contribution >= 4 is 5.78 Å². The number of ketones is 1. The van der Waals surface area contributed by atoms with Crippen molar-refractivity contribution in [3.63, 3.8) is 0 Å². The normalized spacial score (nSPS) is 22.3. The van der Waals surface area contributed by atoms with Crippen LogP contribution >= 0.6 is 0 Å². The lowest BCUT2D eigenvalue weighted by Crippen LogP contribution is -2.28. The van der Waals surface area contributed by atoms with Gasteiger partial charge < -0.3 is 0 Å². The average Bonchev–Trinajstić information content (AvgIpc) is 2.31. The van der Waals surface area contributed by atoms with Gasteiger partial charge in [0.05, 0.1) is 5.41 Å². The van der Waals surface area contributed by atoms with Gasteiger partial charge in [0.25, 0.3) is 0 Å². The highest BCUT2D eigenvalue weighted by molar-refractivity contribution is 6.04. The SMILES string of the molecule is CC1=CC[C@@](C)(C(=O)c2c(C)cc(C)cc2C)C=C1. The molecule has 19 heavy (non-hydrogen) atoms. The second kappa shape index (κ2) is 4.80. The standard InChI is InChI=1S/C18H22O/c1-12-6-8-18(5,9-7-12)17(19)16-14(3)10-13(2)11-15(16)4/h6-8,10-11H,9H2,1-5H3/t18-/m0/s1. The van der Waals surface area contributed by atoms with Crippen molar-refractivity contribution in [2.45, 2.75) is 41.0 Å². The van der Waals surface area contributed by atoms with Crippen molar-refractivity contribution in [2.24, 2.45) is 5.41 Å². The van der Waals surface area contributed by atoms with Gasteiger partial charge in [0.2, 0.25) is 0 Å². The number of allylic oxidation sites excluding steroid dienone is 4. The van der Waals surface area contributed by atoms with Crippen LogP contribution in [-0.2, 0) is 0 Å². The Morgan fingerprint density at radius 1 is 1.11 bits per heavy atom. The summed E-state index contributed by atoms with van der Waals surface area (Å²) in [6.07, 6.45) is 7.06. The first-order chi connectivity index (χ1) is 8.83. The van der Waals surface area contributed by atoms with Crippen molar-refractivity contribution in [1.29, 1.82) is 0 Å². The van der Waals surface area contributed by atoms with Crippen LogP contribution < -0.4 is 0 Å². The molecule has 0 aromatic heterocycles. The molecule has 100 valence electrons.